The van der Waals surface area contributed by atoms with Gasteiger partial charge in [0.25, 0.3) is 0 Å². The maximum absolute atomic E-state index is 11.4. The summed E-state index contributed by atoms with van der Waals surface area (Å²) >= 11 is 0. The molecule has 5 heteroatoms. The van der Waals surface area contributed by atoms with Gasteiger partial charge in [-0.05, 0) is 33.2 Å². The first-order valence-corrected chi connectivity index (χ1v) is 7.72. The van der Waals surface area contributed by atoms with E-state index in [2.05, 4.69) is 12.2 Å². The molecule has 0 spiro atoms. The fourth-order valence-electron chi connectivity index (χ4n) is 1.12. The zero-order chi connectivity index (χ0) is 12.4. The molecule has 0 fully saturated rings. The largest absolute Gasteiger partial charge is 0.381 e. The van der Waals surface area contributed by atoms with Crippen molar-refractivity contribution in [3.63, 3.8) is 0 Å². The number of hydrogen-bond donors (Lipinski definition) is 1. The van der Waals surface area contributed by atoms with Crippen LogP contribution in [0.2, 0.25) is 0 Å². The molecule has 0 saturated heterocycles. The zero-order valence-corrected chi connectivity index (χ0v) is 11.5. The Morgan fingerprint density at radius 3 is 2.44 bits per heavy atom. The van der Waals surface area contributed by atoms with E-state index in [1.807, 2.05) is 0 Å². The fourth-order valence-corrected chi connectivity index (χ4v) is 2.02. The third-order valence-corrected chi connectivity index (χ3v) is 4.48. The van der Waals surface area contributed by atoms with Crippen LogP contribution >= 0.6 is 0 Å². The lowest BCUT2D eigenvalue weighted by molar-refractivity contribution is 0.132. The normalized spacial score (nSPS) is 12.2. The van der Waals surface area contributed by atoms with Gasteiger partial charge in [0.2, 0.25) is 0 Å². The topological polar surface area (TPSA) is 55.4 Å². The van der Waals surface area contributed by atoms with Gasteiger partial charge >= 0.3 is 0 Å². The Morgan fingerprint density at radius 2 is 1.88 bits per heavy atom. The van der Waals surface area contributed by atoms with Crippen LogP contribution in [0.3, 0.4) is 0 Å². The van der Waals surface area contributed by atoms with Crippen LogP contribution in [-0.2, 0) is 14.6 Å². The average Bonchev–Trinajstić information content (AvgIpc) is 2.21. The van der Waals surface area contributed by atoms with Crippen LogP contribution in [0, 0.1) is 0 Å². The Kier molecular flexibility index (Phi) is 8.89. The van der Waals surface area contributed by atoms with Gasteiger partial charge in [0.05, 0.1) is 11.0 Å². The molecule has 1 N–H and O–H groups in total. The molecule has 0 aromatic rings. The molecular formula is C11H25NO3S. The molecule has 0 aliphatic rings. The number of rotatable bonds is 10. The number of sulfone groups is 1. The first-order chi connectivity index (χ1) is 7.50. The Labute approximate surface area is 99.7 Å². The van der Waals surface area contributed by atoms with Crippen molar-refractivity contribution in [1.82, 2.24) is 5.32 Å². The van der Waals surface area contributed by atoms with Crippen LogP contribution in [0.5, 0.6) is 0 Å². The maximum atomic E-state index is 11.4. The van der Waals surface area contributed by atoms with E-state index >= 15 is 0 Å². The monoisotopic (exact) mass is 251 g/mol. The molecule has 0 aliphatic heterocycles. The van der Waals surface area contributed by atoms with Crippen molar-refractivity contribution in [3.8, 4) is 0 Å². The lowest BCUT2D eigenvalue weighted by Gasteiger charge is -2.08. The summed E-state index contributed by atoms with van der Waals surface area (Å²) in [6.07, 6.45) is 1.97. The van der Waals surface area contributed by atoms with Gasteiger partial charge in [0.1, 0.15) is 0 Å². The second-order valence-corrected chi connectivity index (χ2v) is 6.81. The maximum Gasteiger partial charge on any atom is 0.153 e. The van der Waals surface area contributed by atoms with Gasteiger partial charge in [-0.2, -0.15) is 0 Å². The molecule has 0 aliphatic carbocycles. The van der Waals surface area contributed by atoms with Crippen molar-refractivity contribution in [2.45, 2.75) is 38.9 Å². The van der Waals surface area contributed by atoms with E-state index in [9.17, 15) is 8.42 Å². The second kappa shape index (κ2) is 8.96. The Morgan fingerprint density at radius 1 is 1.19 bits per heavy atom. The number of nitrogens with one attached hydrogen (secondary N) is 1. The third kappa shape index (κ3) is 8.07. The SMILES string of the molecule is CCCOCCCNCCS(=O)(=O)C(C)C. The summed E-state index contributed by atoms with van der Waals surface area (Å²) in [5, 5.41) is 2.84. The van der Waals surface area contributed by atoms with Crippen LogP contribution < -0.4 is 5.32 Å². The molecule has 0 unspecified atom stereocenters. The highest BCUT2D eigenvalue weighted by atomic mass is 32.2. The van der Waals surface area contributed by atoms with E-state index in [4.69, 9.17) is 4.74 Å². The van der Waals surface area contributed by atoms with Gasteiger partial charge in [0.15, 0.2) is 9.84 Å². The molecular weight excluding hydrogens is 226 g/mol. The quantitative estimate of drug-likeness (QED) is 0.593. The van der Waals surface area contributed by atoms with Crippen molar-refractivity contribution in [3.05, 3.63) is 0 Å². The molecule has 98 valence electrons. The summed E-state index contributed by atoms with van der Waals surface area (Å²) in [7, 11) is -2.89. The van der Waals surface area contributed by atoms with E-state index < -0.39 is 9.84 Å². The van der Waals surface area contributed by atoms with Crippen LogP contribution in [0.25, 0.3) is 0 Å². The molecule has 0 heterocycles. The van der Waals surface area contributed by atoms with Crippen molar-refractivity contribution < 1.29 is 13.2 Å². The minimum Gasteiger partial charge on any atom is -0.381 e. The molecule has 4 nitrogen and oxygen atoms in total. The summed E-state index contributed by atoms with van der Waals surface area (Å²) in [5.74, 6) is 0.223. The summed E-state index contributed by atoms with van der Waals surface area (Å²) < 4.78 is 28.2. The lowest BCUT2D eigenvalue weighted by Crippen LogP contribution is -2.28. The minimum absolute atomic E-state index is 0.223. The van der Waals surface area contributed by atoms with Gasteiger partial charge in [0, 0.05) is 19.8 Å². The summed E-state index contributed by atoms with van der Waals surface area (Å²) in [4.78, 5) is 0. The lowest BCUT2D eigenvalue weighted by atomic mass is 10.4. The Balaban J connectivity index is 3.34. The van der Waals surface area contributed by atoms with E-state index in [0.717, 1.165) is 32.6 Å². The average molecular weight is 251 g/mol. The van der Waals surface area contributed by atoms with Crippen molar-refractivity contribution in [2.75, 3.05) is 32.1 Å². The second-order valence-electron chi connectivity index (χ2n) is 4.13. The van der Waals surface area contributed by atoms with Crippen molar-refractivity contribution in [2.24, 2.45) is 0 Å². The third-order valence-electron chi connectivity index (χ3n) is 2.27. The molecule has 0 saturated carbocycles. The minimum atomic E-state index is -2.89. The van der Waals surface area contributed by atoms with E-state index in [-0.39, 0.29) is 11.0 Å². The van der Waals surface area contributed by atoms with Gasteiger partial charge in [-0.1, -0.05) is 6.92 Å². The first-order valence-electron chi connectivity index (χ1n) is 6.00. The summed E-state index contributed by atoms with van der Waals surface area (Å²) in [6, 6.07) is 0. The Bertz CT molecular complexity index is 250. The van der Waals surface area contributed by atoms with Crippen LogP contribution in [0.15, 0.2) is 0 Å². The van der Waals surface area contributed by atoms with E-state index in [1.54, 1.807) is 13.8 Å². The fraction of sp³-hybridized carbons (Fsp3) is 1.00. The van der Waals surface area contributed by atoms with Gasteiger partial charge in [-0.15, -0.1) is 0 Å². The molecule has 0 amide bonds. The van der Waals surface area contributed by atoms with Crippen LogP contribution in [0.1, 0.15) is 33.6 Å². The molecule has 0 aromatic heterocycles. The molecule has 0 radical (unpaired) electrons. The van der Waals surface area contributed by atoms with E-state index in [1.165, 1.54) is 0 Å². The van der Waals surface area contributed by atoms with E-state index in [0.29, 0.717) is 6.54 Å². The van der Waals surface area contributed by atoms with Crippen molar-refractivity contribution in [1.29, 1.82) is 0 Å². The molecule has 16 heavy (non-hydrogen) atoms. The standard InChI is InChI=1S/C11H25NO3S/c1-4-8-15-9-5-6-12-7-10-16(13,14)11(2)3/h11-12H,4-10H2,1-3H3. The Hall–Kier alpha value is -0.130. The van der Waals surface area contributed by atoms with Crippen molar-refractivity contribution >= 4 is 9.84 Å². The summed E-state index contributed by atoms with van der Waals surface area (Å²) in [6.45, 7) is 8.42. The smallest absolute Gasteiger partial charge is 0.153 e. The number of ether oxygens (including phenoxy) is 1. The first kappa shape index (κ1) is 15.9. The molecule has 0 atom stereocenters. The highest BCUT2D eigenvalue weighted by Gasteiger charge is 2.14. The predicted molar refractivity (Wildman–Crippen MR) is 67.5 cm³/mol. The van der Waals surface area contributed by atoms with Gasteiger partial charge in [-0.25, -0.2) is 8.42 Å². The molecule has 0 aromatic carbocycles. The zero-order valence-electron chi connectivity index (χ0n) is 10.7. The number of hydrogen-bond acceptors (Lipinski definition) is 4. The van der Waals surface area contributed by atoms with Gasteiger partial charge < -0.3 is 10.1 Å². The summed E-state index contributed by atoms with van der Waals surface area (Å²) in [5.41, 5.74) is 0. The highest BCUT2D eigenvalue weighted by molar-refractivity contribution is 7.92. The van der Waals surface area contributed by atoms with Crippen LogP contribution in [-0.4, -0.2) is 45.7 Å². The molecule has 0 bridgehead atoms. The molecule has 0 rings (SSSR count). The van der Waals surface area contributed by atoms with Gasteiger partial charge in [-0.3, -0.25) is 0 Å². The highest BCUT2D eigenvalue weighted by Crippen LogP contribution is 1.98. The van der Waals surface area contributed by atoms with Crippen LogP contribution in [0.4, 0.5) is 0 Å². The predicted octanol–water partition coefficient (Wildman–Crippen LogP) is 1.22.